The molecule has 0 radical (unpaired) electrons. The van der Waals surface area contributed by atoms with E-state index in [1.165, 1.54) is 23.5 Å². The van der Waals surface area contributed by atoms with Crippen molar-refractivity contribution < 1.29 is 17.6 Å². The van der Waals surface area contributed by atoms with Gasteiger partial charge in [-0.2, -0.15) is 0 Å². The maximum atomic E-state index is 12.2. The number of fused-ring (bicyclic) bond motifs is 1. The van der Waals surface area contributed by atoms with E-state index >= 15 is 0 Å². The molecule has 0 saturated heterocycles. The van der Waals surface area contributed by atoms with Crippen molar-refractivity contribution in [1.82, 2.24) is 15.0 Å². The van der Waals surface area contributed by atoms with Gasteiger partial charge in [0.25, 0.3) is 15.9 Å². The normalized spacial score (nSPS) is 12.4. The number of furan rings is 1. The number of amides is 1. The monoisotopic (exact) mass is 393 g/mol. The van der Waals surface area contributed by atoms with Gasteiger partial charge in [0.05, 0.1) is 16.8 Å². The molecule has 2 heterocycles. The first-order chi connectivity index (χ1) is 12.1. The minimum atomic E-state index is -3.82. The largest absolute Gasteiger partial charge is 0.438 e. The van der Waals surface area contributed by atoms with Crippen LogP contribution in [0.4, 0.5) is 0 Å². The molecule has 3 rings (SSSR count). The topological polar surface area (TPSA) is 101 Å². The molecule has 138 valence electrons. The van der Waals surface area contributed by atoms with Gasteiger partial charge < -0.3 is 9.73 Å². The third-order valence-electron chi connectivity index (χ3n) is 3.25. The fourth-order valence-corrected chi connectivity index (χ4v) is 4.54. The highest BCUT2D eigenvalue weighted by atomic mass is 32.2. The van der Waals surface area contributed by atoms with Crippen LogP contribution in [0.5, 0.6) is 0 Å². The minimum Gasteiger partial charge on any atom is -0.438 e. The van der Waals surface area contributed by atoms with Gasteiger partial charge in [-0.3, -0.25) is 4.79 Å². The summed E-state index contributed by atoms with van der Waals surface area (Å²) in [5.74, 6) is -0.568. The molecule has 26 heavy (non-hydrogen) atoms. The number of nitrogens with one attached hydrogen (secondary N) is 2. The van der Waals surface area contributed by atoms with Crippen LogP contribution >= 0.6 is 11.3 Å². The Morgan fingerprint density at radius 1 is 1.19 bits per heavy atom. The Labute approximate surface area is 155 Å². The van der Waals surface area contributed by atoms with E-state index in [9.17, 15) is 13.2 Å². The SMILES string of the molecule is CC(C)(C)NS(=O)(=O)c1ccc(C(=O)NCc2nc3ccccc3s2)o1. The Balaban J connectivity index is 1.68. The van der Waals surface area contributed by atoms with Gasteiger partial charge >= 0.3 is 0 Å². The van der Waals surface area contributed by atoms with E-state index in [0.29, 0.717) is 0 Å². The number of hydrogen-bond donors (Lipinski definition) is 2. The van der Waals surface area contributed by atoms with Crippen LogP contribution in [0.25, 0.3) is 10.2 Å². The second kappa shape index (κ2) is 6.82. The Hall–Kier alpha value is -2.23. The summed E-state index contributed by atoms with van der Waals surface area (Å²) in [5, 5.41) is 3.15. The number of rotatable bonds is 5. The minimum absolute atomic E-state index is 0.0691. The Bertz CT molecular complexity index is 1010. The van der Waals surface area contributed by atoms with Crippen LogP contribution in [0.15, 0.2) is 45.9 Å². The van der Waals surface area contributed by atoms with Crippen LogP contribution in [-0.2, 0) is 16.6 Å². The van der Waals surface area contributed by atoms with Gasteiger partial charge in [0.1, 0.15) is 5.01 Å². The molecule has 0 aliphatic rings. The van der Waals surface area contributed by atoms with Gasteiger partial charge in [-0.15, -0.1) is 11.3 Å². The maximum Gasteiger partial charge on any atom is 0.287 e. The zero-order chi connectivity index (χ0) is 18.9. The van der Waals surface area contributed by atoms with E-state index in [-0.39, 0.29) is 17.4 Å². The van der Waals surface area contributed by atoms with Crippen molar-refractivity contribution in [2.24, 2.45) is 0 Å². The Morgan fingerprint density at radius 2 is 1.92 bits per heavy atom. The van der Waals surface area contributed by atoms with Crippen molar-refractivity contribution >= 4 is 37.5 Å². The summed E-state index contributed by atoms with van der Waals surface area (Å²) in [6.45, 7) is 5.40. The quantitative estimate of drug-likeness (QED) is 0.694. The van der Waals surface area contributed by atoms with Gasteiger partial charge in [0, 0.05) is 5.54 Å². The molecular weight excluding hydrogens is 374 g/mol. The average Bonchev–Trinajstić information content (AvgIpc) is 3.17. The second-order valence-electron chi connectivity index (χ2n) is 6.73. The van der Waals surface area contributed by atoms with E-state index in [1.807, 2.05) is 24.3 Å². The fraction of sp³-hybridized carbons (Fsp3) is 0.294. The van der Waals surface area contributed by atoms with Crippen molar-refractivity contribution in [3.8, 4) is 0 Å². The first kappa shape index (κ1) is 18.6. The molecule has 0 fully saturated rings. The van der Waals surface area contributed by atoms with Crippen molar-refractivity contribution in [2.45, 2.75) is 37.9 Å². The predicted octanol–water partition coefficient (Wildman–Crippen LogP) is 2.90. The van der Waals surface area contributed by atoms with Crippen LogP contribution in [-0.4, -0.2) is 24.8 Å². The van der Waals surface area contributed by atoms with Crippen LogP contribution < -0.4 is 10.0 Å². The number of carbonyl (C=O) groups is 1. The summed E-state index contributed by atoms with van der Waals surface area (Å²) in [6.07, 6.45) is 0. The number of nitrogens with zero attached hydrogens (tertiary/aromatic N) is 1. The molecule has 0 bridgehead atoms. The molecule has 0 atom stereocenters. The lowest BCUT2D eigenvalue weighted by molar-refractivity contribution is 0.0917. The van der Waals surface area contributed by atoms with Gasteiger partial charge in [0.2, 0.25) is 5.09 Å². The van der Waals surface area contributed by atoms with Crippen LogP contribution in [0.3, 0.4) is 0 Å². The standard InChI is InChI=1S/C17H19N3O4S2/c1-17(2,3)20-26(22,23)15-9-8-12(24-15)16(21)18-10-14-19-11-6-4-5-7-13(11)25-14/h4-9,20H,10H2,1-3H3,(H,18,21). The van der Waals surface area contributed by atoms with Crippen LogP contribution in [0, 0.1) is 0 Å². The number of sulfonamides is 1. The number of thiazole rings is 1. The van der Waals surface area contributed by atoms with Crippen LogP contribution in [0.2, 0.25) is 0 Å². The lowest BCUT2D eigenvalue weighted by Gasteiger charge is -2.18. The highest BCUT2D eigenvalue weighted by Gasteiger charge is 2.26. The molecule has 1 amide bonds. The van der Waals surface area contributed by atoms with Crippen molar-refractivity contribution in [2.75, 3.05) is 0 Å². The lowest BCUT2D eigenvalue weighted by atomic mass is 10.1. The third-order valence-corrected chi connectivity index (χ3v) is 5.92. The molecule has 0 unspecified atom stereocenters. The predicted molar refractivity (Wildman–Crippen MR) is 99.6 cm³/mol. The van der Waals surface area contributed by atoms with Crippen molar-refractivity contribution in [3.63, 3.8) is 0 Å². The average molecular weight is 393 g/mol. The summed E-state index contributed by atoms with van der Waals surface area (Å²) in [5.41, 5.74) is 0.224. The maximum absolute atomic E-state index is 12.2. The van der Waals surface area contributed by atoms with E-state index in [1.54, 1.807) is 20.8 Å². The highest BCUT2D eigenvalue weighted by molar-refractivity contribution is 7.89. The summed E-state index contributed by atoms with van der Waals surface area (Å²) in [4.78, 5) is 16.6. The first-order valence-corrected chi connectivity index (χ1v) is 10.2. The zero-order valence-corrected chi connectivity index (χ0v) is 16.2. The lowest BCUT2D eigenvalue weighted by Crippen LogP contribution is -2.40. The van der Waals surface area contributed by atoms with Gasteiger partial charge in [-0.1, -0.05) is 12.1 Å². The highest BCUT2D eigenvalue weighted by Crippen LogP contribution is 2.21. The molecular formula is C17H19N3O4S2. The van der Waals surface area contributed by atoms with E-state index in [4.69, 9.17) is 4.42 Å². The first-order valence-electron chi connectivity index (χ1n) is 7.90. The van der Waals surface area contributed by atoms with Crippen LogP contribution in [0.1, 0.15) is 36.3 Å². The van der Waals surface area contributed by atoms with Gasteiger partial charge in [-0.05, 0) is 45.0 Å². The van der Waals surface area contributed by atoms with E-state index in [0.717, 1.165) is 15.2 Å². The van der Waals surface area contributed by atoms with Gasteiger partial charge in [0.15, 0.2) is 5.76 Å². The summed E-state index contributed by atoms with van der Waals surface area (Å²) >= 11 is 1.49. The van der Waals surface area contributed by atoms with E-state index < -0.39 is 21.5 Å². The smallest absolute Gasteiger partial charge is 0.287 e. The summed E-state index contributed by atoms with van der Waals surface area (Å²) in [7, 11) is -3.82. The molecule has 3 aromatic rings. The zero-order valence-electron chi connectivity index (χ0n) is 14.6. The van der Waals surface area contributed by atoms with Crippen molar-refractivity contribution in [1.29, 1.82) is 0 Å². The number of para-hydroxylation sites is 1. The molecule has 0 aliphatic carbocycles. The third kappa shape index (κ3) is 4.29. The molecule has 2 N–H and O–H groups in total. The fourth-order valence-electron chi connectivity index (χ4n) is 2.28. The summed E-state index contributed by atoms with van der Waals surface area (Å²) in [6, 6.07) is 10.3. The van der Waals surface area contributed by atoms with E-state index in [2.05, 4.69) is 15.0 Å². The molecule has 0 aliphatic heterocycles. The molecule has 1 aromatic carbocycles. The molecule has 0 saturated carbocycles. The Morgan fingerprint density at radius 3 is 2.62 bits per heavy atom. The number of benzene rings is 1. The van der Waals surface area contributed by atoms with Crippen molar-refractivity contribution in [3.05, 3.63) is 47.2 Å². The molecule has 9 heteroatoms. The number of hydrogen-bond acceptors (Lipinski definition) is 6. The number of aromatic nitrogens is 1. The second-order valence-corrected chi connectivity index (χ2v) is 9.46. The molecule has 7 nitrogen and oxygen atoms in total. The molecule has 2 aromatic heterocycles. The number of carbonyl (C=O) groups excluding carboxylic acids is 1. The Kier molecular flexibility index (Phi) is 4.87. The van der Waals surface area contributed by atoms with Gasteiger partial charge in [-0.25, -0.2) is 18.1 Å². The summed E-state index contributed by atoms with van der Waals surface area (Å²) < 4.78 is 33.2. The molecule has 0 spiro atoms.